The molecule has 0 aliphatic rings. The summed E-state index contributed by atoms with van der Waals surface area (Å²) in [6.45, 7) is 1.92. The van der Waals surface area contributed by atoms with Gasteiger partial charge in [-0.05, 0) is 25.1 Å². The predicted molar refractivity (Wildman–Crippen MR) is 75.4 cm³/mol. The summed E-state index contributed by atoms with van der Waals surface area (Å²) in [4.78, 5) is 10.9. The van der Waals surface area contributed by atoms with E-state index in [1.54, 1.807) is 25.1 Å². The number of aryl methyl sites for hydroxylation is 1. The fraction of sp³-hybridized carbons (Fsp3) is 0.200. The lowest BCUT2D eigenvalue weighted by Gasteiger charge is -2.10. The Morgan fingerprint density at radius 3 is 2.81 bits per heavy atom. The van der Waals surface area contributed by atoms with Crippen LogP contribution >= 0.6 is 0 Å². The molecule has 0 spiro atoms. The zero-order chi connectivity index (χ0) is 15.4. The number of carbonyl (C=O) groups is 1. The Hall–Kier alpha value is -2.94. The highest BCUT2D eigenvalue weighted by atomic mass is 16.5. The van der Waals surface area contributed by atoms with E-state index in [-0.39, 0.29) is 5.56 Å². The number of benzene rings is 1. The van der Waals surface area contributed by atoms with E-state index < -0.39 is 5.97 Å². The number of hydrogen-bond donors (Lipinski definition) is 2. The van der Waals surface area contributed by atoms with Crippen LogP contribution < -0.4 is 10.1 Å². The maximum absolute atomic E-state index is 10.9. The minimum Gasteiger partial charge on any atom is -0.495 e. The number of nitriles is 1. The molecule has 1 aromatic heterocycles. The first kappa shape index (κ1) is 14.5. The van der Waals surface area contributed by atoms with Crippen molar-refractivity contribution in [2.45, 2.75) is 13.5 Å². The number of rotatable bonds is 5. The van der Waals surface area contributed by atoms with Crippen molar-refractivity contribution in [3.05, 3.63) is 46.9 Å². The van der Waals surface area contributed by atoms with E-state index in [0.717, 1.165) is 0 Å². The van der Waals surface area contributed by atoms with E-state index >= 15 is 0 Å². The molecule has 0 aliphatic carbocycles. The SMILES string of the molecule is COc1cc(C#N)ccc1NCc1cc(C(=O)O)c(C)o1. The Kier molecular flexibility index (Phi) is 4.14. The van der Waals surface area contributed by atoms with Gasteiger partial charge in [-0.1, -0.05) is 0 Å². The minimum atomic E-state index is -1.02. The molecule has 6 nitrogen and oxygen atoms in total. The van der Waals surface area contributed by atoms with Gasteiger partial charge in [0.25, 0.3) is 0 Å². The Bertz CT molecular complexity index is 713. The van der Waals surface area contributed by atoms with Crippen molar-refractivity contribution in [1.82, 2.24) is 0 Å². The highest BCUT2D eigenvalue weighted by Gasteiger charge is 2.14. The molecular weight excluding hydrogens is 272 g/mol. The Balaban J connectivity index is 2.15. The Labute approximate surface area is 121 Å². The fourth-order valence-electron chi connectivity index (χ4n) is 1.93. The second-order valence-electron chi connectivity index (χ2n) is 4.37. The summed E-state index contributed by atoms with van der Waals surface area (Å²) in [7, 11) is 1.52. The molecule has 2 aromatic rings. The summed E-state index contributed by atoms with van der Waals surface area (Å²) in [5, 5.41) is 20.9. The van der Waals surface area contributed by atoms with Crippen molar-refractivity contribution >= 4 is 11.7 Å². The van der Waals surface area contributed by atoms with Gasteiger partial charge in [0.05, 0.1) is 31.0 Å². The summed E-state index contributed by atoms with van der Waals surface area (Å²) >= 11 is 0. The van der Waals surface area contributed by atoms with Crippen LogP contribution in [0.1, 0.15) is 27.4 Å². The summed E-state index contributed by atoms with van der Waals surface area (Å²) in [5.41, 5.74) is 1.35. The number of carboxylic acids is 1. The highest BCUT2D eigenvalue weighted by molar-refractivity contribution is 5.88. The molecule has 2 N–H and O–H groups in total. The molecule has 108 valence electrons. The average molecular weight is 286 g/mol. The van der Waals surface area contributed by atoms with Crippen LogP contribution in [-0.4, -0.2) is 18.2 Å². The largest absolute Gasteiger partial charge is 0.495 e. The molecule has 0 unspecified atom stereocenters. The van der Waals surface area contributed by atoms with Gasteiger partial charge in [-0.15, -0.1) is 0 Å². The predicted octanol–water partition coefficient (Wildman–Crippen LogP) is 2.78. The third-order valence-corrected chi connectivity index (χ3v) is 2.98. The first-order chi connectivity index (χ1) is 10.0. The number of methoxy groups -OCH3 is 1. The van der Waals surface area contributed by atoms with Gasteiger partial charge in [-0.25, -0.2) is 4.79 Å². The van der Waals surface area contributed by atoms with Gasteiger partial charge in [-0.3, -0.25) is 0 Å². The van der Waals surface area contributed by atoms with Crippen molar-refractivity contribution in [3.8, 4) is 11.8 Å². The number of anilines is 1. The van der Waals surface area contributed by atoms with E-state index in [4.69, 9.17) is 19.5 Å². The van der Waals surface area contributed by atoms with Crippen LogP contribution in [0.25, 0.3) is 0 Å². The third kappa shape index (κ3) is 3.15. The number of carboxylic acid groups (broad SMARTS) is 1. The van der Waals surface area contributed by atoms with E-state index in [1.165, 1.54) is 13.2 Å². The van der Waals surface area contributed by atoms with Crippen molar-refractivity contribution in [2.75, 3.05) is 12.4 Å². The monoisotopic (exact) mass is 286 g/mol. The standard InChI is InChI=1S/C15H14N2O4/c1-9-12(15(18)19)6-11(21-9)8-17-13-4-3-10(7-16)5-14(13)20-2/h3-6,17H,8H2,1-2H3,(H,18,19). The van der Waals surface area contributed by atoms with Gasteiger partial charge < -0.3 is 19.6 Å². The van der Waals surface area contributed by atoms with E-state index in [2.05, 4.69) is 5.32 Å². The van der Waals surface area contributed by atoms with Crippen molar-refractivity contribution in [1.29, 1.82) is 5.26 Å². The van der Waals surface area contributed by atoms with Gasteiger partial charge in [0.2, 0.25) is 0 Å². The number of aromatic carboxylic acids is 1. The molecule has 0 fully saturated rings. The van der Waals surface area contributed by atoms with E-state index in [0.29, 0.717) is 35.1 Å². The summed E-state index contributed by atoms with van der Waals surface area (Å²) in [6, 6.07) is 8.54. The molecule has 0 saturated carbocycles. The second-order valence-corrected chi connectivity index (χ2v) is 4.37. The summed E-state index contributed by atoms with van der Waals surface area (Å²) < 4.78 is 10.6. The normalized spacial score (nSPS) is 9.95. The molecule has 0 atom stereocenters. The van der Waals surface area contributed by atoms with Gasteiger partial charge >= 0.3 is 5.97 Å². The van der Waals surface area contributed by atoms with Gasteiger partial charge in [0, 0.05) is 6.07 Å². The molecule has 2 rings (SSSR count). The molecule has 1 aromatic carbocycles. The molecule has 1 heterocycles. The molecular formula is C15H14N2O4. The third-order valence-electron chi connectivity index (χ3n) is 2.98. The smallest absolute Gasteiger partial charge is 0.339 e. The highest BCUT2D eigenvalue weighted by Crippen LogP contribution is 2.26. The van der Waals surface area contributed by atoms with Crippen LogP contribution in [0.5, 0.6) is 5.75 Å². The fourth-order valence-corrected chi connectivity index (χ4v) is 1.93. The summed E-state index contributed by atoms with van der Waals surface area (Å²) in [6.07, 6.45) is 0. The van der Waals surface area contributed by atoms with Crippen molar-refractivity contribution in [3.63, 3.8) is 0 Å². The van der Waals surface area contributed by atoms with E-state index in [1.807, 2.05) is 6.07 Å². The first-order valence-corrected chi connectivity index (χ1v) is 6.19. The van der Waals surface area contributed by atoms with Crippen LogP contribution in [0.4, 0.5) is 5.69 Å². The van der Waals surface area contributed by atoms with Crippen LogP contribution in [0.2, 0.25) is 0 Å². The number of nitrogens with zero attached hydrogens (tertiary/aromatic N) is 1. The second kappa shape index (κ2) is 6.01. The molecule has 0 saturated heterocycles. The molecule has 0 radical (unpaired) electrons. The van der Waals surface area contributed by atoms with Crippen LogP contribution in [0.15, 0.2) is 28.7 Å². The quantitative estimate of drug-likeness (QED) is 0.877. The van der Waals surface area contributed by atoms with E-state index in [9.17, 15) is 4.79 Å². The molecule has 0 aliphatic heterocycles. The summed E-state index contributed by atoms with van der Waals surface area (Å²) in [5.74, 6) is 0.400. The van der Waals surface area contributed by atoms with Crippen molar-refractivity contribution < 1.29 is 19.1 Å². The Morgan fingerprint density at radius 2 is 2.24 bits per heavy atom. The molecule has 21 heavy (non-hydrogen) atoms. The first-order valence-electron chi connectivity index (χ1n) is 6.19. The lowest BCUT2D eigenvalue weighted by Crippen LogP contribution is -2.01. The maximum atomic E-state index is 10.9. The van der Waals surface area contributed by atoms with Gasteiger partial charge in [0.1, 0.15) is 22.8 Å². The Morgan fingerprint density at radius 1 is 1.48 bits per heavy atom. The lowest BCUT2D eigenvalue weighted by molar-refractivity contribution is 0.0695. The average Bonchev–Trinajstić information content (AvgIpc) is 2.86. The van der Waals surface area contributed by atoms with Gasteiger partial charge in [0.15, 0.2) is 0 Å². The topological polar surface area (TPSA) is 95.5 Å². The number of ether oxygens (including phenoxy) is 1. The minimum absolute atomic E-state index is 0.151. The number of furan rings is 1. The lowest BCUT2D eigenvalue weighted by atomic mass is 10.2. The molecule has 0 bridgehead atoms. The zero-order valence-electron chi connectivity index (χ0n) is 11.6. The van der Waals surface area contributed by atoms with Crippen LogP contribution in [-0.2, 0) is 6.54 Å². The van der Waals surface area contributed by atoms with Crippen LogP contribution in [0, 0.1) is 18.3 Å². The number of nitrogens with one attached hydrogen (secondary N) is 1. The van der Waals surface area contributed by atoms with Gasteiger partial charge in [-0.2, -0.15) is 5.26 Å². The maximum Gasteiger partial charge on any atom is 0.339 e. The number of hydrogen-bond acceptors (Lipinski definition) is 5. The zero-order valence-corrected chi connectivity index (χ0v) is 11.6. The van der Waals surface area contributed by atoms with Crippen LogP contribution in [0.3, 0.4) is 0 Å². The molecule has 6 heteroatoms. The van der Waals surface area contributed by atoms with Crippen molar-refractivity contribution in [2.24, 2.45) is 0 Å². The molecule has 0 amide bonds.